The van der Waals surface area contributed by atoms with E-state index in [0.717, 1.165) is 25.7 Å². The van der Waals surface area contributed by atoms with Gasteiger partial charge in [-0.1, -0.05) is 109 Å². The normalized spacial score (nSPS) is 13.0. The van der Waals surface area contributed by atoms with Crippen LogP contribution in [0.1, 0.15) is 33.4 Å². The first-order chi connectivity index (χ1) is 25.8. The van der Waals surface area contributed by atoms with Crippen molar-refractivity contribution in [3.8, 4) is 0 Å². The molecule has 10 rings (SSSR count). The minimum absolute atomic E-state index is 1.07. The molecule has 52 heavy (non-hydrogen) atoms. The SMILES string of the molecule is C(=Cc1ccc2cc(N(c3ccccc3)c3ccccc3)cc3c2c1CC3)c1ccc2cc(N(c3ccccc3)c3ccccc3)cc3c2c1CC3. The van der Waals surface area contributed by atoms with E-state index in [0.29, 0.717) is 0 Å². The highest BCUT2D eigenvalue weighted by Gasteiger charge is 2.23. The van der Waals surface area contributed by atoms with Crippen molar-refractivity contribution in [2.75, 3.05) is 9.80 Å². The van der Waals surface area contributed by atoms with Crippen LogP contribution in [0.5, 0.6) is 0 Å². The molecule has 0 saturated heterocycles. The van der Waals surface area contributed by atoms with Gasteiger partial charge in [-0.3, -0.25) is 0 Å². The van der Waals surface area contributed by atoms with Crippen molar-refractivity contribution in [1.29, 1.82) is 0 Å². The lowest BCUT2D eigenvalue weighted by Crippen LogP contribution is -2.10. The molecule has 2 aliphatic carbocycles. The second-order valence-electron chi connectivity index (χ2n) is 14.0. The fraction of sp³-hybridized carbons (Fsp3) is 0.0800. The topological polar surface area (TPSA) is 6.48 Å². The molecule has 2 aliphatic rings. The van der Waals surface area contributed by atoms with Gasteiger partial charge in [0.05, 0.1) is 0 Å². The molecule has 0 atom stereocenters. The summed E-state index contributed by atoms with van der Waals surface area (Å²) in [6, 6.07) is 61.8. The first kappa shape index (κ1) is 30.4. The van der Waals surface area contributed by atoms with Gasteiger partial charge in [-0.15, -0.1) is 0 Å². The molecule has 0 N–H and O–H groups in total. The lowest BCUT2D eigenvalue weighted by molar-refractivity contribution is 1.02. The molecule has 2 nitrogen and oxygen atoms in total. The summed E-state index contributed by atoms with van der Waals surface area (Å²) in [5.74, 6) is 0. The Morgan fingerprint density at radius 2 is 0.673 bits per heavy atom. The Labute approximate surface area is 305 Å². The van der Waals surface area contributed by atoms with Crippen LogP contribution in [0.2, 0.25) is 0 Å². The lowest BCUT2D eigenvalue weighted by atomic mass is 9.96. The van der Waals surface area contributed by atoms with Gasteiger partial charge >= 0.3 is 0 Å². The molecule has 8 aromatic rings. The summed E-state index contributed by atoms with van der Waals surface area (Å²) in [4.78, 5) is 4.76. The number of hydrogen-bond donors (Lipinski definition) is 0. The van der Waals surface area contributed by atoms with Crippen LogP contribution in [-0.4, -0.2) is 0 Å². The van der Waals surface area contributed by atoms with Crippen molar-refractivity contribution in [2.45, 2.75) is 25.7 Å². The summed E-state index contributed by atoms with van der Waals surface area (Å²) in [7, 11) is 0. The molecular weight excluding hydrogens is 629 g/mol. The van der Waals surface area contributed by atoms with E-state index in [9.17, 15) is 0 Å². The molecule has 0 aliphatic heterocycles. The molecule has 0 heterocycles. The highest BCUT2D eigenvalue weighted by atomic mass is 15.1. The van der Waals surface area contributed by atoms with Gasteiger partial charge in [0.15, 0.2) is 0 Å². The monoisotopic (exact) mass is 666 g/mol. The Balaban J connectivity index is 1.00. The van der Waals surface area contributed by atoms with Crippen LogP contribution in [0.3, 0.4) is 0 Å². The van der Waals surface area contributed by atoms with Gasteiger partial charge in [0.1, 0.15) is 0 Å². The van der Waals surface area contributed by atoms with Crippen molar-refractivity contribution < 1.29 is 0 Å². The number of benzene rings is 8. The number of aryl methyl sites for hydroxylation is 4. The smallest absolute Gasteiger partial charge is 0.0470 e. The largest absolute Gasteiger partial charge is 0.310 e. The molecule has 0 bridgehead atoms. The zero-order chi connectivity index (χ0) is 34.4. The van der Waals surface area contributed by atoms with E-state index < -0.39 is 0 Å². The molecular formula is C50H38N2. The average molecular weight is 667 g/mol. The number of rotatable bonds is 8. The maximum absolute atomic E-state index is 2.42. The van der Waals surface area contributed by atoms with E-state index in [1.807, 2.05) is 0 Å². The van der Waals surface area contributed by atoms with E-state index in [-0.39, 0.29) is 0 Å². The zero-order valence-corrected chi connectivity index (χ0v) is 29.0. The zero-order valence-electron chi connectivity index (χ0n) is 29.0. The highest BCUT2D eigenvalue weighted by Crippen LogP contribution is 2.43. The Bertz CT molecular complexity index is 2350. The molecule has 0 aromatic heterocycles. The van der Waals surface area contributed by atoms with Gasteiger partial charge in [0, 0.05) is 34.1 Å². The third-order valence-corrected chi connectivity index (χ3v) is 11.0. The van der Waals surface area contributed by atoms with Crippen molar-refractivity contribution in [1.82, 2.24) is 0 Å². The minimum Gasteiger partial charge on any atom is -0.310 e. The van der Waals surface area contributed by atoms with Crippen LogP contribution in [-0.2, 0) is 25.7 Å². The van der Waals surface area contributed by atoms with E-state index in [1.54, 1.807) is 0 Å². The summed E-state index contributed by atoms with van der Waals surface area (Å²) < 4.78 is 0. The number of anilines is 6. The Hall–Kier alpha value is -6.38. The fourth-order valence-corrected chi connectivity index (χ4v) is 8.67. The maximum Gasteiger partial charge on any atom is 0.0470 e. The molecule has 0 unspecified atom stereocenters. The van der Waals surface area contributed by atoms with Crippen LogP contribution in [0, 0.1) is 0 Å². The van der Waals surface area contributed by atoms with Gasteiger partial charge in [0.2, 0.25) is 0 Å². The van der Waals surface area contributed by atoms with E-state index in [4.69, 9.17) is 0 Å². The van der Waals surface area contributed by atoms with Crippen LogP contribution < -0.4 is 9.80 Å². The standard InChI is InChI=1S/C50H38N2/c1-5-13-41(14-6-1)51(42-15-7-2-8-16-42)45-31-37-25-23-35(47-29-27-39(33-45)49(37)47)21-22-36-24-26-38-32-46(34-40-28-30-48(36)50(38)40)52(43-17-9-3-10-18-43)44-19-11-4-12-20-44/h1-26,31-34H,27-30H2. The minimum atomic E-state index is 1.07. The second-order valence-corrected chi connectivity index (χ2v) is 14.0. The first-order valence-corrected chi connectivity index (χ1v) is 18.4. The number of hydrogen-bond acceptors (Lipinski definition) is 2. The van der Waals surface area contributed by atoms with E-state index in [1.165, 1.54) is 89.0 Å². The quantitative estimate of drug-likeness (QED) is 0.149. The third-order valence-electron chi connectivity index (χ3n) is 11.0. The van der Waals surface area contributed by atoms with Gasteiger partial charge in [-0.25, -0.2) is 0 Å². The first-order valence-electron chi connectivity index (χ1n) is 18.4. The van der Waals surface area contributed by atoms with Crippen LogP contribution in [0.4, 0.5) is 34.1 Å². The number of para-hydroxylation sites is 4. The number of nitrogens with zero attached hydrogens (tertiary/aromatic N) is 2. The van der Waals surface area contributed by atoms with Crippen molar-refractivity contribution in [3.05, 3.63) is 203 Å². The lowest BCUT2D eigenvalue weighted by Gasteiger charge is -2.26. The van der Waals surface area contributed by atoms with Gasteiger partial charge in [-0.05, 0) is 153 Å². The van der Waals surface area contributed by atoms with Crippen LogP contribution in [0.25, 0.3) is 33.7 Å². The predicted molar refractivity (Wildman–Crippen MR) is 221 cm³/mol. The van der Waals surface area contributed by atoms with Gasteiger partial charge < -0.3 is 9.80 Å². The second kappa shape index (κ2) is 12.7. The molecule has 0 radical (unpaired) electrons. The highest BCUT2D eigenvalue weighted by molar-refractivity contribution is 6.00. The summed E-state index contributed by atoms with van der Waals surface area (Å²) in [6.45, 7) is 0. The molecule has 248 valence electrons. The molecule has 0 fully saturated rings. The fourth-order valence-electron chi connectivity index (χ4n) is 8.67. The predicted octanol–water partition coefficient (Wildman–Crippen LogP) is 13.3. The molecule has 0 amide bonds. The summed E-state index contributed by atoms with van der Waals surface area (Å²) in [6.07, 6.45) is 9.02. The Kier molecular flexibility index (Phi) is 7.46. The van der Waals surface area contributed by atoms with Crippen molar-refractivity contribution >= 4 is 67.8 Å². The van der Waals surface area contributed by atoms with Crippen LogP contribution in [0.15, 0.2) is 170 Å². The summed E-state index contributed by atoms with van der Waals surface area (Å²) in [5, 5.41) is 5.51. The Morgan fingerprint density at radius 1 is 0.327 bits per heavy atom. The molecule has 0 saturated carbocycles. The third kappa shape index (κ3) is 5.27. The van der Waals surface area contributed by atoms with Crippen molar-refractivity contribution in [2.24, 2.45) is 0 Å². The summed E-state index contributed by atoms with van der Waals surface area (Å²) >= 11 is 0. The molecule has 0 spiro atoms. The maximum atomic E-state index is 2.42. The van der Waals surface area contributed by atoms with Gasteiger partial charge in [0.25, 0.3) is 0 Å². The van der Waals surface area contributed by atoms with Gasteiger partial charge in [-0.2, -0.15) is 0 Å². The van der Waals surface area contributed by atoms with E-state index >= 15 is 0 Å². The van der Waals surface area contributed by atoms with Crippen LogP contribution >= 0.6 is 0 Å². The van der Waals surface area contributed by atoms with Crippen molar-refractivity contribution in [3.63, 3.8) is 0 Å². The van der Waals surface area contributed by atoms with E-state index in [2.05, 4.69) is 192 Å². The molecule has 8 aromatic carbocycles. The Morgan fingerprint density at radius 3 is 1.02 bits per heavy atom. The summed E-state index contributed by atoms with van der Waals surface area (Å²) in [5.41, 5.74) is 15.6. The molecule has 2 heteroatoms. The average Bonchev–Trinajstić information content (AvgIpc) is 3.84.